The van der Waals surface area contributed by atoms with Gasteiger partial charge >= 0.3 is 5.69 Å². The lowest BCUT2D eigenvalue weighted by Crippen LogP contribution is -2.40. The summed E-state index contributed by atoms with van der Waals surface area (Å²) in [7, 11) is 1.59. The first-order chi connectivity index (χ1) is 13.9. The molecule has 0 aliphatic carbocycles. The maximum Gasteiger partial charge on any atom is 0.332 e. The highest BCUT2D eigenvalue weighted by molar-refractivity contribution is 6.29. The van der Waals surface area contributed by atoms with Gasteiger partial charge in [0.25, 0.3) is 5.56 Å². The Kier molecular flexibility index (Phi) is 4.84. The topological polar surface area (TPSA) is 74.7 Å². The van der Waals surface area contributed by atoms with E-state index in [1.54, 1.807) is 24.0 Å². The third kappa shape index (κ3) is 3.27. The van der Waals surface area contributed by atoms with Crippen LogP contribution in [0.2, 0.25) is 5.28 Å². The van der Waals surface area contributed by atoms with Gasteiger partial charge in [0.2, 0.25) is 5.28 Å². The van der Waals surface area contributed by atoms with Crippen molar-refractivity contribution in [2.24, 2.45) is 7.05 Å². The van der Waals surface area contributed by atoms with E-state index in [1.807, 2.05) is 44.2 Å². The smallest absolute Gasteiger partial charge is 0.305 e. The molecule has 4 rings (SSSR count). The molecule has 0 atom stereocenters. The fourth-order valence-corrected chi connectivity index (χ4v) is 3.63. The SMILES string of the molecule is CC(C)=CCn1c(Cl)nc2c1c(=O)n(Cc1cncc3ccccc13)c(=O)n2C. The number of imidazole rings is 1. The number of benzene rings is 1. The normalized spacial score (nSPS) is 11.3. The highest BCUT2D eigenvalue weighted by Gasteiger charge is 2.19. The quantitative estimate of drug-likeness (QED) is 0.383. The average molecular weight is 410 g/mol. The number of halogens is 1. The summed E-state index contributed by atoms with van der Waals surface area (Å²) in [6, 6.07) is 7.75. The van der Waals surface area contributed by atoms with Crippen molar-refractivity contribution in [1.82, 2.24) is 23.7 Å². The van der Waals surface area contributed by atoms with Gasteiger partial charge in [-0.3, -0.25) is 18.9 Å². The number of pyridine rings is 1. The first kappa shape index (κ1) is 19.1. The molecule has 3 heterocycles. The number of fused-ring (bicyclic) bond motifs is 2. The zero-order valence-electron chi connectivity index (χ0n) is 16.4. The Balaban J connectivity index is 1.95. The van der Waals surface area contributed by atoms with Crippen molar-refractivity contribution < 1.29 is 0 Å². The van der Waals surface area contributed by atoms with Crippen LogP contribution >= 0.6 is 11.6 Å². The predicted octanol–water partition coefficient (Wildman–Crippen LogP) is 3.11. The Morgan fingerprint density at radius 2 is 1.90 bits per heavy atom. The lowest BCUT2D eigenvalue weighted by molar-refractivity contribution is 0.654. The minimum atomic E-state index is -0.445. The number of nitrogens with zero attached hydrogens (tertiary/aromatic N) is 5. The Bertz CT molecular complexity index is 1380. The van der Waals surface area contributed by atoms with E-state index in [4.69, 9.17) is 11.6 Å². The maximum absolute atomic E-state index is 13.3. The van der Waals surface area contributed by atoms with Gasteiger partial charge in [-0.2, -0.15) is 4.98 Å². The molecule has 148 valence electrons. The molecule has 4 aromatic rings. The summed E-state index contributed by atoms with van der Waals surface area (Å²) in [5.74, 6) is 0. The summed E-state index contributed by atoms with van der Waals surface area (Å²) in [5, 5.41) is 2.08. The van der Waals surface area contributed by atoms with Crippen molar-refractivity contribution in [2.45, 2.75) is 26.9 Å². The molecule has 0 unspecified atom stereocenters. The van der Waals surface area contributed by atoms with Crippen LogP contribution in [0, 0.1) is 0 Å². The average Bonchev–Trinajstić information content (AvgIpc) is 3.04. The van der Waals surface area contributed by atoms with Crippen LogP contribution in [0.3, 0.4) is 0 Å². The second kappa shape index (κ2) is 7.33. The zero-order chi connectivity index (χ0) is 20.7. The fourth-order valence-electron chi connectivity index (χ4n) is 3.40. The molecule has 0 fully saturated rings. The summed E-state index contributed by atoms with van der Waals surface area (Å²) >= 11 is 6.29. The Labute approximate surface area is 171 Å². The summed E-state index contributed by atoms with van der Waals surface area (Å²) < 4.78 is 4.20. The largest absolute Gasteiger partial charge is 0.332 e. The van der Waals surface area contributed by atoms with Crippen molar-refractivity contribution in [3.63, 3.8) is 0 Å². The first-order valence-electron chi connectivity index (χ1n) is 9.19. The Hall–Kier alpha value is -3.19. The van der Waals surface area contributed by atoms with Gasteiger partial charge in [0.1, 0.15) is 0 Å². The molecule has 0 saturated heterocycles. The second-order valence-electron chi connectivity index (χ2n) is 7.20. The number of rotatable bonds is 4. The standard InChI is InChI=1S/C21H20ClN5O2/c1-13(2)8-9-26-17-18(24-20(26)22)25(3)21(29)27(19(17)28)12-15-11-23-10-14-6-4-5-7-16(14)15/h4-8,10-11H,9,12H2,1-3H3. The molecule has 3 aromatic heterocycles. The van der Waals surface area contributed by atoms with Crippen molar-refractivity contribution >= 4 is 33.5 Å². The van der Waals surface area contributed by atoms with Crippen LogP contribution in [0.5, 0.6) is 0 Å². The second-order valence-corrected chi connectivity index (χ2v) is 7.54. The van der Waals surface area contributed by atoms with Gasteiger partial charge in [0.05, 0.1) is 6.54 Å². The van der Waals surface area contributed by atoms with Crippen molar-refractivity contribution in [3.05, 3.63) is 80.0 Å². The highest BCUT2D eigenvalue weighted by Crippen LogP contribution is 2.19. The monoisotopic (exact) mass is 409 g/mol. The first-order valence-corrected chi connectivity index (χ1v) is 9.57. The molecular formula is C21H20ClN5O2. The van der Waals surface area contributed by atoms with E-state index >= 15 is 0 Å². The molecule has 0 aliphatic heterocycles. The molecule has 0 N–H and O–H groups in total. The summed E-state index contributed by atoms with van der Waals surface area (Å²) in [6.07, 6.45) is 5.40. The highest BCUT2D eigenvalue weighted by atomic mass is 35.5. The van der Waals surface area contributed by atoms with E-state index in [0.29, 0.717) is 12.1 Å². The van der Waals surface area contributed by atoms with Gasteiger partial charge in [-0.15, -0.1) is 0 Å². The zero-order valence-corrected chi connectivity index (χ0v) is 17.1. The molecule has 0 radical (unpaired) electrons. The van der Waals surface area contributed by atoms with Crippen LogP contribution < -0.4 is 11.2 Å². The van der Waals surface area contributed by atoms with E-state index in [1.165, 1.54) is 9.13 Å². The molecule has 1 aromatic carbocycles. The minimum absolute atomic E-state index is 0.112. The molecule has 0 saturated carbocycles. The van der Waals surface area contributed by atoms with E-state index in [0.717, 1.165) is 21.9 Å². The van der Waals surface area contributed by atoms with E-state index in [-0.39, 0.29) is 17.5 Å². The van der Waals surface area contributed by atoms with Crippen molar-refractivity contribution in [2.75, 3.05) is 0 Å². The Morgan fingerprint density at radius 3 is 2.66 bits per heavy atom. The van der Waals surface area contributed by atoms with Crippen molar-refractivity contribution in [1.29, 1.82) is 0 Å². The van der Waals surface area contributed by atoms with Crippen LogP contribution in [0.25, 0.3) is 21.9 Å². The number of hydrogen-bond donors (Lipinski definition) is 0. The molecule has 0 spiro atoms. The lowest BCUT2D eigenvalue weighted by Gasteiger charge is -2.11. The van der Waals surface area contributed by atoms with Gasteiger partial charge < -0.3 is 4.57 Å². The summed E-state index contributed by atoms with van der Waals surface area (Å²) in [4.78, 5) is 34.7. The number of aromatic nitrogens is 5. The van der Waals surface area contributed by atoms with Gasteiger partial charge in [0, 0.05) is 31.4 Å². The van der Waals surface area contributed by atoms with Gasteiger partial charge in [-0.05, 0) is 36.4 Å². The molecule has 0 amide bonds. The van der Waals surface area contributed by atoms with Crippen LogP contribution in [0.1, 0.15) is 19.4 Å². The number of hydrogen-bond acceptors (Lipinski definition) is 4. The molecule has 29 heavy (non-hydrogen) atoms. The fraction of sp³-hybridized carbons (Fsp3) is 0.238. The lowest BCUT2D eigenvalue weighted by atomic mass is 10.1. The molecular weight excluding hydrogens is 390 g/mol. The number of aryl methyl sites for hydroxylation is 1. The van der Waals surface area contributed by atoms with Gasteiger partial charge in [-0.1, -0.05) is 35.9 Å². The van der Waals surface area contributed by atoms with E-state index < -0.39 is 11.2 Å². The van der Waals surface area contributed by atoms with Crippen LogP contribution in [-0.4, -0.2) is 23.7 Å². The molecule has 7 nitrogen and oxygen atoms in total. The van der Waals surface area contributed by atoms with Crippen LogP contribution in [0.15, 0.2) is 57.9 Å². The van der Waals surface area contributed by atoms with Gasteiger partial charge in [0.15, 0.2) is 11.2 Å². The molecule has 0 aliphatic rings. The van der Waals surface area contributed by atoms with Crippen LogP contribution in [-0.2, 0) is 20.1 Å². The van der Waals surface area contributed by atoms with Crippen LogP contribution in [0.4, 0.5) is 0 Å². The predicted molar refractivity (Wildman–Crippen MR) is 115 cm³/mol. The van der Waals surface area contributed by atoms with E-state index in [9.17, 15) is 9.59 Å². The van der Waals surface area contributed by atoms with Gasteiger partial charge in [-0.25, -0.2) is 4.79 Å². The summed E-state index contributed by atoms with van der Waals surface area (Å²) in [6.45, 7) is 4.45. The van der Waals surface area contributed by atoms with Crippen molar-refractivity contribution in [3.8, 4) is 0 Å². The maximum atomic E-state index is 13.3. The minimum Gasteiger partial charge on any atom is -0.305 e. The van der Waals surface area contributed by atoms with E-state index in [2.05, 4.69) is 9.97 Å². The summed E-state index contributed by atoms with van der Waals surface area (Å²) in [5.41, 5.74) is 1.61. The third-order valence-electron chi connectivity index (χ3n) is 4.95. The molecule has 0 bridgehead atoms. The third-order valence-corrected chi connectivity index (χ3v) is 5.24. The Morgan fingerprint density at radius 1 is 1.14 bits per heavy atom. The molecule has 8 heteroatoms. The number of allylic oxidation sites excluding steroid dienone is 2.